The van der Waals surface area contributed by atoms with Gasteiger partial charge >= 0.3 is 0 Å². The molecule has 1 aromatic rings. The Morgan fingerprint density at radius 1 is 1.11 bits per heavy atom. The molecule has 0 bridgehead atoms. The average Bonchev–Trinajstić information content (AvgIpc) is 3.05. The van der Waals surface area contributed by atoms with Crippen LogP contribution in [-0.2, 0) is 10.2 Å². The lowest BCUT2D eigenvalue weighted by atomic mass is 9.86. The first-order valence-electron chi connectivity index (χ1n) is 9.84. The van der Waals surface area contributed by atoms with E-state index in [9.17, 15) is 14.7 Å². The van der Waals surface area contributed by atoms with Crippen molar-refractivity contribution in [1.29, 1.82) is 0 Å². The second-order valence-corrected chi connectivity index (χ2v) is 8.73. The van der Waals surface area contributed by atoms with Crippen molar-refractivity contribution in [3.63, 3.8) is 0 Å². The van der Waals surface area contributed by atoms with E-state index in [1.807, 2.05) is 29.2 Å². The Bertz CT molecular complexity index is 673. The molecule has 3 N–H and O–H groups in total. The third-order valence-corrected chi connectivity index (χ3v) is 5.66. The van der Waals surface area contributed by atoms with Crippen LogP contribution in [0.5, 0.6) is 0 Å². The van der Waals surface area contributed by atoms with Crippen molar-refractivity contribution in [2.24, 2.45) is 5.92 Å². The van der Waals surface area contributed by atoms with Gasteiger partial charge < -0.3 is 20.6 Å². The van der Waals surface area contributed by atoms with E-state index in [-0.39, 0.29) is 29.2 Å². The zero-order chi connectivity index (χ0) is 19.6. The molecule has 0 unspecified atom stereocenters. The minimum atomic E-state index is -0.522. The second kappa shape index (κ2) is 7.98. The maximum absolute atomic E-state index is 12.7. The largest absolute Gasteiger partial charge is 0.390 e. The summed E-state index contributed by atoms with van der Waals surface area (Å²) in [4.78, 5) is 27.0. The van der Waals surface area contributed by atoms with E-state index in [2.05, 4.69) is 31.4 Å². The molecule has 2 amide bonds. The number of β-amino-alcohol motifs (C(OH)–C–C–N with tert-alkyl or cyclic N) is 1. The lowest BCUT2D eigenvalue weighted by molar-refractivity contribution is -0.127. The van der Waals surface area contributed by atoms with Crippen LogP contribution in [0.2, 0.25) is 0 Å². The summed E-state index contributed by atoms with van der Waals surface area (Å²) in [7, 11) is 0. The summed E-state index contributed by atoms with van der Waals surface area (Å²) in [5.74, 6) is -0.0702. The molecule has 6 nitrogen and oxygen atoms in total. The third kappa shape index (κ3) is 4.68. The van der Waals surface area contributed by atoms with Gasteiger partial charge in [0.25, 0.3) is 5.91 Å². The molecule has 1 aromatic carbocycles. The molecule has 0 saturated carbocycles. The first-order chi connectivity index (χ1) is 12.8. The van der Waals surface area contributed by atoms with Gasteiger partial charge in [0.15, 0.2) is 0 Å². The number of hydrogen-bond acceptors (Lipinski definition) is 4. The first kappa shape index (κ1) is 19.8. The summed E-state index contributed by atoms with van der Waals surface area (Å²) in [5.41, 5.74) is 1.97. The van der Waals surface area contributed by atoms with Crippen LogP contribution in [0.1, 0.15) is 49.5 Å². The van der Waals surface area contributed by atoms with Gasteiger partial charge in [-0.15, -0.1) is 0 Å². The van der Waals surface area contributed by atoms with Gasteiger partial charge in [-0.3, -0.25) is 9.59 Å². The summed E-state index contributed by atoms with van der Waals surface area (Å²) in [5, 5.41) is 15.8. The lowest BCUT2D eigenvalue weighted by Crippen LogP contribution is -2.48. The van der Waals surface area contributed by atoms with Crippen molar-refractivity contribution < 1.29 is 14.7 Å². The molecule has 0 aliphatic carbocycles. The molecule has 6 heteroatoms. The van der Waals surface area contributed by atoms with E-state index in [0.29, 0.717) is 44.6 Å². The number of carbonyl (C=O) groups excluding carboxylic acids is 2. The number of likely N-dealkylation sites (tertiary alicyclic amines) is 1. The smallest absolute Gasteiger partial charge is 0.253 e. The molecule has 3 rings (SSSR count). The molecule has 27 heavy (non-hydrogen) atoms. The molecular weight excluding hydrogens is 342 g/mol. The van der Waals surface area contributed by atoms with Crippen molar-refractivity contribution in [2.45, 2.75) is 51.2 Å². The standard InChI is InChI=1S/C21H31N3O3/c1-21(2,3)16-6-4-15(5-7-16)20(27)24-10-8-14(9-11-24)19(26)23-17-12-22-13-18(17)25/h4-7,14,17-18,22,25H,8-13H2,1-3H3,(H,23,26)/t17-,18-/m1/s1. The molecule has 0 spiro atoms. The van der Waals surface area contributed by atoms with Crippen LogP contribution in [0.25, 0.3) is 0 Å². The number of benzene rings is 1. The minimum absolute atomic E-state index is 0.00983. The van der Waals surface area contributed by atoms with Crippen LogP contribution in [0.3, 0.4) is 0 Å². The Labute approximate surface area is 161 Å². The summed E-state index contributed by atoms with van der Waals surface area (Å²) in [6.45, 7) is 8.76. The highest BCUT2D eigenvalue weighted by Gasteiger charge is 2.32. The Morgan fingerprint density at radius 2 is 1.74 bits per heavy atom. The van der Waals surface area contributed by atoms with E-state index < -0.39 is 6.10 Å². The van der Waals surface area contributed by atoms with Crippen LogP contribution in [0, 0.1) is 5.92 Å². The predicted octanol–water partition coefficient (Wildman–Crippen LogP) is 1.29. The number of piperidine rings is 1. The van der Waals surface area contributed by atoms with Crippen molar-refractivity contribution in [2.75, 3.05) is 26.2 Å². The molecule has 2 fully saturated rings. The third-order valence-electron chi connectivity index (χ3n) is 5.66. The van der Waals surface area contributed by atoms with Gasteiger partial charge in [-0.25, -0.2) is 0 Å². The van der Waals surface area contributed by atoms with Crippen molar-refractivity contribution in [3.8, 4) is 0 Å². The van der Waals surface area contributed by atoms with Crippen LogP contribution >= 0.6 is 0 Å². The number of hydrogen-bond donors (Lipinski definition) is 3. The Kier molecular flexibility index (Phi) is 5.86. The maximum atomic E-state index is 12.7. The van der Waals surface area contributed by atoms with E-state index in [1.54, 1.807) is 0 Å². The normalized spacial score (nSPS) is 24.1. The average molecular weight is 373 g/mol. The Balaban J connectivity index is 1.52. The highest BCUT2D eigenvalue weighted by atomic mass is 16.3. The topological polar surface area (TPSA) is 81.7 Å². The second-order valence-electron chi connectivity index (χ2n) is 8.73. The van der Waals surface area contributed by atoms with Crippen LogP contribution in [-0.4, -0.2) is 60.1 Å². The summed E-state index contributed by atoms with van der Waals surface area (Å²) in [6, 6.07) is 7.63. The van der Waals surface area contributed by atoms with Gasteiger partial charge in [0.2, 0.25) is 5.91 Å². The van der Waals surface area contributed by atoms with E-state index >= 15 is 0 Å². The van der Waals surface area contributed by atoms with Gasteiger partial charge in [0.1, 0.15) is 0 Å². The lowest BCUT2D eigenvalue weighted by Gasteiger charge is -2.32. The fourth-order valence-corrected chi connectivity index (χ4v) is 3.75. The van der Waals surface area contributed by atoms with E-state index in [4.69, 9.17) is 0 Å². The molecule has 2 aliphatic heterocycles. The van der Waals surface area contributed by atoms with Crippen molar-refractivity contribution >= 4 is 11.8 Å². The SMILES string of the molecule is CC(C)(C)c1ccc(C(=O)N2CCC(C(=O)N[C@@H]3CNC[C@H]3O)CC2)cc1. The molecule has 2 heterocycles. The van der Waals surface area contributed by atoms with Crippen LogP contribution in [0.4, 0.5) is 0 Å². The number of aliphatic hydroxyl groups is 1. The summed E-state index contributed by atoms with van der Waals surface area (Å²) >= 11 is 0. The first-order valence-corrected chi connectivity index (χ1v) is 9.84. The monoisotopic (exact) mass is 373 g/mol. The van der Waals surface area contributed by atoms with Crippen molar-refractivity contribution in [1.82, 2.24) is 15.5 Å². The van der Waals surface area contributed by atoms with E-state index in [1.165, 1.54) is 5.56 Å². The van der Waals surface area contributed by atoms with E-state index in [0.717, 1.165) is 0 Å². The highest BCUT2D eigenvalue weighted by Crippen LogP contribution is 2.24. The molecular formula is C21H31N3O3. The van der Waals surface area contributed by atoms with Crippen LogP contribution in [0.15, 0.2) is 24.3 Å². The zero-order valence-corrected chi connectivity index (χ0v) is 16.5. The summed E-state index contributed by atoms with van der Waals surface area (Å²) < 4.78 is 0. The number of rotatable bonds is 3. The molecule has 2 aliphatic rings. The van der Waals surface area contributed by atoms with Gasteiger partial charge in [0, 0.05) is 37.7 Å². The Morgan fingerprint density at radius 3 is 2.26 bits per heavy atom. The molecule has 0 radical (unpaired) electrons. The van der Waals surface area contributed by atoms with Crippen LogP contribution < -0.4 is 10.6 Å². The van der Waals surface area contributed by atoms with Gasteiger partial charge in [-0.2, -0.15) is 0 Å². The molecule has 148 valence electrons. The fraction of sp³-hybridized carbons (Fsp3) is 0.619. The maximum Gasteiger partial charge on any atom is 0.253 e. The quantitative estimate of drug-likeness (QED) is 0.746. The van der Waals surface area contributed by atoms with Gasteiger partial charge in [-0.1, -0.05) is 32.9 Å². The minimum Gasteiger partial charge on any atom is -0.390 e. The number of nitrogens with one attached hydrogen (secondary N) is 2. The number of amides is 2. The number of aliphatic hydroxyl groups excluding tert-OH is 1. The van der Waals surface area contributed by atoms with Gasteiger partial charge in [-0.05, 0) is 36.0 Å². The molecule has 2 atom stereocenters. The number of nitrogens with zero attached hydrogens (tertiary/aromatic N) is 1. The predicted molar refractivity (Wildman–Crippen MR) is 105 cm³/mol. The fourth-order valence-electron chi connectivity index (χ4n) is 3.75. The summed E-state index contributed by atoms with van der Waals surface area (Å²) in [6.07, 6.45) is 0.800. The molecule has 2 saturated heterocycles. The zero-order valence-electron chi connectivity index (χ0n) is 16.5. The Hall–Kier alpha value is -1.92. The molecule has 0 aromatic heterocycles. The highest BCUT2D eigenvalue weighted by molar-refractivity contribution is 5.94. The van der Waals surface area contributed by atoms with Gasteiger partial charge in [0.05, 0.1) is 12.1 Å². The van der Waals surface area contributed by atoms with Crippen molar-refractivity contribution in [3.05, 3.63) is 35.4 Å². The number of carbonyl (C=O) groups is 2.